The van der Waals surface area contributed by atoms with Crippen molar-refractivity contribution in [3.63, 3.8) is 0 Å². The molecule has 0 unspecified atom stereocenters. The first-order valence-electron chi connectivity index (χ1n) is 42.3. The fourth-order valence-corrected chi connectivity index (χ4v) is 11.9. The Morgan fingerprint density at radius 3 is 1.16 bits per heavy atom. The average Bonchev–Trinajstić information content (AvgIpc) is 1.55. The molecule has 11 nitrogen and oxygen atoms in total. The van der Waals surface area contributed by atoms with E-state index < -0.39 is 5.95 Å². The fraction of sp³-hybridized carbons (Fsp3) is 0.592. The SMILES string of the molecule is CC(C)(C)c1cc(OCC2CC2)c(F)cn1.CC(C)(C)c1ccc(F)c(N2CCCC2)c1.CC(C)(C)c1ccc(F)c(OC2CC2)c1.CC(C)(C)c1ccc(F)c(OCC2CC2)c1.CC(C)(C)c1ccc(F)c(OCCN2CCOCC2)c1.CC(C)(C)c1cnc(F)c(OCC2CC2)c1.CC1(COc2cc(C(C)(C)C)ccc2F)CC1. The molecule has 5 aliphatic carbocycles. The Bertz CT molecular complexity index is 4060. The molecule has 0 radical (unpaired) electrons. The molecule has 0 bridgehead atoms. The minimum absolute atomic E-state index is 0.00395. The smallest absolute Gasteiger partial charge is 0.255 e. The highest BCUT2D eigenvalue weighted by Crippen LogP contribution is 2.46. The van der Waals surface area contributed by atoms with Crippen LogP contribution in [0.3, 0.4) is 0 Å². The van der Waals surface area contributed by atoms with Crippen LogP contribution in [0, 0.1) is 64.0 Å². The highest BCUT2D eigenvalue weighted by Gasteiger charge is 2.39. The van der Waals surface area contributed by atoms with E-state index in [2.05, 4.69) is 172 Å². The number of halogens is 7. The van der Waals surface area contributed by atoms with Crippen LogP contribution in [-0.2, 0) is 42.6 Å². The van der Waals surface area contributed by atoms with E-state index in [0.717, 1.165) is 98.0 Å². The van der Waals surface area contributed by atoms with Crippen molar-refractivity contribution in [3.05, 3.63) is 195 Å². The number of nitrogens with zero attached hydrogens (tertiary/aromatic N) is 4. The van der Waals surface area contributed by atoms with Crippen LogP contribution in [0.2, 0.25) is 0 Å². The van der Waals surface area contributed by atoms with Gasteiger partial charge in [0.25, 0.3) is 5.95 Å². The van der Waals surface area contributed by atoms with Crippen LogP contribution < -0.4 is 33.3 Å². The van der Waals surface area contributed by atoms with Crippen LogP contribution in [0.5, 0.6) is 34.5 Å². The third-order valence-corrected chi connectivity index (χ3v) is 21.5. The number of morpholine rings is 1. The van der Waals surface area contributed by atoms with Crippen LogP contribution in [-0.4, -0.2) is 99.9 Å². The van der Waals surface area contributed by atoms with Crippen LogP contribution in [0.4, 0.5) is 36.4 Å². The van der Waals surface area contributed by atoms with Gasteiger partial charge in [-0.15, -0.1) is 0 Å². The predicted octanol–water partition coefficient (Wildman–Crippen LogP) is 25.1. The minimum Gasteiger partial charge on any atom is -0.490 e. The van der Waals surface area contributed by atoms with E-state index in [1.165, 1.54) is 100 Å². The van der Waals surface area contributed by atoms with Crippen LogP contribution in [0.1, 0.15) is 268 Å². The molecule has 5 aromatic carbocycles. The van der Waals surface area contributed by atoms with Crippen molar-refractivity contribution >= 4 is 5.69 Å². The Kier molecular flexibility index (Phi) is 32.8. The van der Waals surface area contributed by atoms with E-state index in [9.17, 15) is 30.7 Å². The third kappa shape index (κ3) is 31.9. The highest BCUT2D eigenvalue weighted by atomic mass is 19.2. The summed E-state index contributed by atoms with van der Waals surface area (Å²) in [5.74, 6) is 2.07. The van der Waals surface area contributed by atoms with Gasteiger partial charge in [0.05, 0.1) is 57.6 Å². The molecular formula is C98H137F7N4O7. The molecule has 0 amide bonds. The fourth-order valence-electron chi connectivity index (χ4n) is 11.9. The summed E-state index contributed by atoms with van der Waals surface area (Å²) in [6.45, 7) is 55.6. The summed E-state index contributed by atoms with van der Waals surface area (Å²) in [5.41, 5.74) is 8.61. The maximum Gasteiger partial charge on any atom is 0.255 e. The quantitative estimate of drug-likeness (QED) is 0.0572. The molecule has 0 N–H and O–H groups in total. The summed E-state index contributed by atoms with van der Waals surface area (Å²) in [5, 5.41) is 0. The molecule has 2 saturated heterocycles. The average molecular weight is 1620 g/mol. The lowest BCUT2D eigenvalue weighted by molar-refractivity contribution is 0.0320. The first-order chi connectivity index (χ1) is 54.1. The molecular weight excluding hydrogens is 1480 g/mol. The zero-order chi connectivity index (χ0) is 85.4. The Hall–Kier alpha value is -7.57. The van der Waals surface area contributed by atoms with Crippen molar-refractivity contribution in [1.29, 1.82) is 0 Å². The summed E-state index contributed by atoms with van der Waals surface area (Å²) in [6, 6.07) is 29.6. The number of anilines is 1. The maximum absolute atomic E-state index is 13.8. The van der Waals surface area contributed by atoms with Gasteiger partial charge in [0, 0.05) is 61.5 Å². The number of hydrogen-bond acceptors (Lipinski definition) is 11. The summed E-state index contributed by atoms with van der Waals surface area (Å²) < 4.78 is 133. The molecule has 0 atom stereocenters. The van der Waals surface area contributed by atoms with Crippen LogP contribution in [0.25, 0.3) is 0 Å². The second-order valence-corrected chi connectivity index (χ2v) is 40.2. The Morgan fingerprint density at radius 2 is 0.750 bits per heavy atom. The molecule has 4 heterocycles. The van der Waals surface area contributed by atoms with Crippen LogP contribution in [0.15, 0.2) is 116 Å². The van der Waals surface area contributed by atoms with Gasteiger partial charge in [-0.1, -0.05) is 183 Å². The summed E-state index contributed by atoms with van der Waals surface area (Å²) >= 11 is 0. The first kappa shape index (κ1) is 93.9. The molecule has 2 aliphatic heterocycles. The molecule has 7 aliphatic rings. The Morgan fingerprint density at radius 1 is 0.379 bits per heavy atom. The van der Waals surface area contributed by atoms with Crippen molar-refractivity contribution in [3.8, 4) is 34.5 Å². The lowest BCUT2D eigenvalue weighted by Crippen LogP contribution is -2.38. The molecule has 18 heteroatoms. The lowest BCUT2D eigenvalue weighted by Gasteiger charge is -2.26. The van der Waals surface area contributed by atoms with Gasteiger partial charge in [0.2, 0.25) is 0 Å². The first-order valence-corrected chi connectivity index (χ1v) is 42.3. The summed E-state index contributed by atoms with van der Waals surface area (Å²) in [4.78, 5) is 12.3. The number of aromatic nitrogens is 2. The second kappa shape index (κ2) is 40.5. The van der Waals surface area contributed by atoms with Gasteiger partial charge >= 0.3 is 0 Å². The number of hydrogen-bond donors (Lipinski definition) is 0. The molecule has 640 valence electrons. The van der Waals surface area contributed by atoms with Crippen molar-refractivity contribution in [1.82, 2.24) is 14.9 Å². The molecule has 116 heavy (non-hydrogen) atoms. The molecule has 2 aromatic heterocycles. The van der Waals surface area contributed by atoms with Crippen LogP contribution >= 0.6 is 0 Å². The van der Waals surface area contributed by atoms with Gasteiger partial charge in [-0.2, -0.15) is 4.39 Å². The molecule has 0 spiro atoms. The standard InChI is InChI=1S/C16H24FNO2.C15H21FO.C14H20FN.C14H19FO.2C13H18FNO.C13H17FO/c1-16(2,3)13-4-5-14(17)15(12-13)20-11-8-18-6-9-19-10-7-18;1-14(2,3)11-5-6-12(16)13(9-11)17-10-15(4)7-8-15;1-14(2,3)11-6-7-12(15)13(10-11)16-8-4-5-9-16;1-14(2,3)11-6-7-12(15)13(8-11)16-9-10-4-5-10;1-13(2,3)12-6-11(10(14)7-15-12)16-8-9-4-5-9;1-13(2,3)10-6-11(12(14)15-7-10)16-8-9-4-5-9;1-13(2,3)9-4-7-11(14)12(8-9)15-10-5-6-10/h4-5,12H,6-11H2,1-3H3;5-6,9H,7-8,10H2,1-4H3;6-7,10H,4-5,8-9H2,1-3H3;6-8,10H,4-5,9H2,1-3H3;2*6-7,9H,4-5,8H2,1-3H3;4,7-8,10H,5-6H2,1-3H3. The van der Waals surface area contributed by atoms with Gasteiger partial charge in [-0.3, -0.25) is 9.88 Å². The number of rotatable bonds is 19. The van der Waals surface area contributed by atoms with E-state index in [0.29, 0.717) is 85.3 Å². The highest BCUT2D eigenvalue weighted by molar-refractivity contribution is 5.52. The number of benzene rings is 5. The van der Waals surface area contributed by atoms with E-state index in [-0.39, 0.29) is 84.3 Å². The van der Waals surface area contributed by atoms with Gasteiger partial charge in [-0.25, -0.2) is 31.3 Å². The summed E-state index contributed by atoms with van der Waals surface area (Å²) in [7, 11) is 0. The number of ether oxygens (including phenoxy) is 7. The topological polar surface area (TPSA) is 96.9 Å². The molecule has 5 saturated carbocycles. The minimum atomic E-state index is -0.506. The normalized spacial score (nSPS) is 16.8. The zero-order valence-electron chi connectivity index (χ0n) is 74.0. The third-order valence-electron chi connectivity index (χ3n) is 21.5. The largest absolute Gasteiger partial charge is 0.490 e. The second-order valence-electron chi connectivity index (χ2n) is 40.2. The molecule has 7 fully saturated rings. The molecule has 7 aromatic rings. The van der Waals surface area contributed by atoms with Crippen molar-refractivity contribution in [2.45, 2.75) is 273 Å². The van der Waals surface area contributed by atoms with Gasteiger partial charge in [-0.05, 0) is 227 Å². The Balaban J connectivity index is 0.000000169. The van der Waals surface area contributed by atoms with E-state index >= 15 is 0 Å². The zero-order valence-corrected chi connectivity index (χ0v) is 74.0. The van der Waals surface area contributed by atoms with E-state index in [1.54, 1.807) is 24.4 Å². The number of pyridine rings is 2. The lowest BCUT2D eigenvalue weighted by atomic mass is 9.87. The van der Waals surface area contributed by atoms with E-state index in [1.807, 2.05) is 60.7 Å². The maximum atomic E-state index is 13.8. The Labute approximate surface area is 691 Å². The van der Waals surface area contributed by atoms with Gasteiger partial charge < -0.3 is 38.1 Å². The van der Waals surface area contributed by atoms with Gasteiger partial charge in [0.1, 0.15) is 12.4 Å². The molecule has 14 rings (SSSR count). The summed E-state index contributed by atoms with van der Waals surface area (Å²) in [6.07, 6.45) is 17.2. The van der Waals surface area contributed by atoms with Gasteiger partial charge in [0.15, 0.2) is 63.6 Å². The predicted molar refractivity (Wildman–Crippen MR) is 457 cm³/mol. The van der Waals surface area contributed by atoms with Crippen molar-refractivity contribution in [2.75, 3.05) is 83.9 Å². The monoisotopic (exact) mass is 1620 g/mol. The van der Waals surface area contributed by atoms with Crippen molar-refractivity contribution in [2.24, 2.45) is 23.2 Å². The van der Waals surface area contributed by atoms with Crippen molar-refractivity contribution < 1.29 is 63.9 Å². The van der Waals surface area contributed by atoms with E-state index in [4.69, 9.17) is 33.2 Å².